The summed E-state index contributed by atoms with van der Waals surface area (Å²) in [4.78, 5) is 13.7. The van der Waals surface area contributed by atoms with Gasteiger partial charge in [-0.1, -0.05) is 30.3 Å². The molecule has 1 atom stereocenters. The molecule has 0 saturated carbocycles. The van der Waals surface area contributed by atoms with Crippen molar-refractivity contribution in [3.8, 4) is 16.9 Å². The molecule has 1 unspecified atom stereocenters. The molecule has 6 heteroatoms. The van der Waals surface area contributed by atoms with Crippen LogP contribution in [0.4, 0.5) is 0 Å². The average molecular weight is 372 g/mol. The maximum atomic E-state index is 9.00. The molecule has 138 valence electrons. The van der Waals surface area contributed by atoms with E-state index in [1.807, 2.05) is 23.9 Å². The van der Waals surface area contributed by atoms with Gasteiger partial charge in [-0.3, -0.25) is 9.79 Å². The number of nitrogens with zero attached hydrogens (tertiary/aromatic N) is 1. The quantitative estimate of drug-likeness (QED) is 0.857. The van der Waals surface area contributed by atoms with Gasteiger partial charge in [-0.2, -0.15) is 11.8 Å². The Morgan fingerprint density at radius 2 is 1.85 bits per heavy atom. The van der Waals surface area contributed by atoms with E-state index in [1.165, 1.54) is 11.1 Å². The topological polar surface area (TPSA) is 84.9 Å². The molecule has 1 aliphatic heterocycles. The predicted molar refractivity (Wildman–Crippen MR) is 108 cm³/mol. The molecule has 0 amide bonds. The van der Waals surface area contributed by atoms with E-state index in [-0.39, 0.29) is 5.54 Å². The molecule has 0 bridgehead atoms. The van der Waals surface area contributed by atoms with E-state index in [0.29, 0.717) is 0 Å². The van der Waals surface area contributed by atoms with Crippen molar-refractivity contribution in [1.29, 1.82) is 0 Å². The first kappa shape index (κ1) is 19.8. The number of hydrogen-bond acceptors (Lipinski definition) is 5. The molecule has 5 nitrogen and oxygen atoms in total. The number of benzene rings is 2. The molecule has 0 spiro atoms. The zero-order valence-corrected chi connectivity index (χ0v) is 16.0. The maximum Gasteiger partial charge on any atom is 0.300 e. The summed E-state index contributed by atoms with van der Waals surface area (Å²) < 4.78 is 5.32. The minimum Gasteiger partial charge on any atom is -0.497 e. The number of aliphatic carboxylic acids is 1. The predicted octanol–water partition coefficient (Wildman–Crippen LogP) is 3.77. The van der Waals surface area contributed by atoms with Crippen molar-refractivity contribution in [2.45, 2.75) is 19.4 Å². The minimum absolute atomic E-state index is 0.248. The van der Waals surface area contributed by atoms with Gasteiger partial charge in [0.1, 0.15) is 11.6 Å². The van der Waals surface area contributed by atoms with Gasteiger partial charge in [0.05, 0.1) is 18.4 Å². The number of hydrogen-bond donors (Lipinski definition) is 2. The second kappa shape index (κ2) is 8.76. The number of carbonyl (C=O) groups is 1. The van der Waals surface area contributed by atoms with Crippen molar-refractivity contribution < 1.29 is 14.6 Å². The van der Waals surface area contributed by atoms with E-state index in [0.717, 1.165) is 35.6 Å². The highest BCUT2D eigenvalue weighted by atomic mass is 32.2. The molecule has 3 rings (SSSR count). The molecular formula is C20H24N2O3S. The Hall–Kier alpha value is -2.47. The molecule has 0 fully saturated rings. The van der Waals surface area contributed by atoms with E-state index in [1.54, 1.807) is 7.11 Å². The number of ether oxygens (including phenoxy) is 1. The lowest BCUT2D eigenvalue weighted by Gasteiger charge is -2.30. The lowest BCUT2D eigenvalue weighted by Crippen LogP contribution is -2.33. The monoisotopic (exact) mass is 372 g/mol. The number of aliphatic imine (C=N–C) groups is 1. The molecule has 0 aliphatic carbocycles. The SMILES string of the molecule is CC(=O)O.COc1cccc(-c2cccc(C3(C)CSCC(N)=N3)c2)c1. The highest BCUT2D eigenvalue weighted by molar-refractivity contribution is 8.00. The second-order valence-corrected chi connectivity index (χ2v) is 7.19. The van der Waals surface area contributed by atoms with Crippen molar-refractivity contribution >= 4 is 23.6 Å². The Morgan fingerprint density at radius 1 is 1.23 bits per heavy atom. The summed E-state index contributed by atoms with van der Waals surface area (Å²) in [6, 6.07) is 16.6. The number of rotatable bonds is 3. The molecule has 0 aromatic heterocycles. The summed E-state index contributed by atoms with van der Waals surface area (Å²) in [7, 11) is 1.69. The first-order valence-corrected chi connectivity index (χ1v) is 9.36. The van der Waals surface area contributed by atoms with Crippen LogP contribution in [0.2, 0.25) is 0 Å². The summed E-state index contributed by atoms with van der Waals surface area (Å²) in [5, 5.41) is 7.42. The summed E-state index contributed by atoms with van der Waals surface area (Å²) in [6.45, 7) is 3.23. The minimum atomic E-state index is -0.833. The molecule has 0 radical (unpaired) electrons. The molecule has 26 heavy (non-hydrogen) atoms. The largest absolute Gasteiger partial charge is 0.497 e. The van der Waals surface area contributed by atoms with Crippen molar-refractivity contribution in [3.05, 3.63) is 54.1 Å². The number of nitrogens with two attached hydrogens (primary N) is 1. The number of thioether (sulfide) groups is 1. The second-order valence-electron chi connectivity index (χ2n) is 6.20. The van der Waals surface area contributed by atoms with Crippen LogP contribution in [0.5, 0.6) is 5.75 Å². The fourth-order valence-corrected chi connectivity index (χ4v) is 3.72. The van der Waals surface area contributed by atoms with Crippen molar-refractivity contribution in [2.24, 2.45) is 10.7 Å². The first-order valence-electron chi connectivity index (χ1n) is 8.20. The van der Waals surface area contributed by atoms with E-state index in [4.69, 9.17) is 25.4 Å². The van der Waals surface area contributed by atoms with Gasteiger partial charge in [-0.15, -0.1) is 0 Å². The van der Waals surface area contributed by atoms with Gasteiger partial charge in [0, 0.05) is 12.7 Å². The lowest BCUT2D eigenvalue weighted by atomic mass is 9.91. The molecule has 2 aromatic rings. The van der Waals surface area contributed by atoms with Gasteiger partial charge in [0.15, 0.2) is 0 Å². The molecule has 1 aliphatic rings. The Morgan fingerprint density at radius 3 is 2.46 bits per heavy atom. The van der Waals surface area contributed by atoms with Crippen LogP contribution in [0.15, 0.2) is 53.5 Å². The lowest BCUT2D eigenvalue weighted by molar-refractivity contribution is -0.134. The van der Waals surface area contributed by atoms with Gasteiger partial charge in [0.25, 0.3) is 5.97 Å². The summed E-state index contributed by atoms with van der Waals surface area (Å²) in [5.41, 5.74) is 9.21. The third-order valence-electron chi connectivity index (χ3n) is 3.91. The first-order chi connectivity index (χ1) is 12.3. The van der Waals surface area contributed by atoms with Crippen molar-refractivity contribution in [1.82, 2.24) is 0 Å². The summed E-state index contributed by atoms with van der Waals surface area (Å²) in [5.74, 6) is 2.54. The van der Waals surface area contributed by atoms with Crippen LogP contribution in [0.3, 0.4) is 0 Å². The normalized spacial score (nSPS) is 19.0. The maximum absolute atomic E-state index is 9.00. The van der Waals surface area contributed by atoms with E-state index in [2.05, 4.69) is 43.3 Å². The Balaban J connectivity index is 0.000000552. The molecule has 0 saturated heterocycles. The molecule has 2 aromatic carbocycles. The third-order valence-corrected chi connectivity index (χ3v) is 5.18. The summed E-state index contributed by atoms with van der Waals surface area (Å²) >= 11 is 1.84. The number of methoxy groups -OCH3 is 1. The van der Waals surface area contributed by atoms with Crippen LogP contribution in [-0.4, -0.2) is 35.5 Å². The summed E-state index contributed by atoms with van der Waals surface area (Å²) in [6.07, 6.45) is 0. The number of amidine groups is 1. The Kier molecular flexibility index (Phi) is 6.69. The van der Waals surface area contributed by atoms with E-state index < -0.39 is 5.97 Å². The molecule has 3 N–H and O–H groups in total. The zero-order chi connectivity index (χ0) is 19.2. The van der Waals surface area contributed by atoms with Crippen LogP contribution < -0.4 is 10.5 Å². The van der Waals surface area contributed by atoms with Crippen LogP contribution in [0.1, 0.15) is 19.4 Å². The molecular weight excluding hydrogens is 348 g/mol. The molecule has 1 heterocycles. The van der Waals surface area contributed by atoms with Gasteiger partial charge in [0.2, 0.25) is 0 Å². The fraction of sp³-hybridized carbons (Fsp3) is 0.300. The van der Waals surface area contributed by atoms with Crippen molar-refractivity contribution in [2.75, 3.05) is 18.6 Å². The van der Waals surface area contributed by atoms with Crippen molar-refractivity contribution in [3.63, 3.8) is 0 Å². The highest BCUT2D eigenvalue weighted by Gasteiger charge is 2.29. The van der Waals surface area contributed by atoms with Crippen LogP contribution in [0.25, 0.3) is 11.1 Å². The van der Waals surface area contributed by atoms with Gasteiger partial charge in [-0.25, -0.2) is 0 Å². The standard InChI is InChI=1S/C18H20N2OS.C2H4O2/c1-18(12-22-11-17(19)20-18)15-7-3-5-13(9-15)14-6-4-8-16(10-14)21-2;1-2(3)4/h3-10H,11-12H2,1-2H3,(H2,19,20);1H3,(H,3,4). The van der Waals surface area contributed by atoms with Crippen LogP contribution in [-0.2, 0) is 10.3 Å². The van der Waals surface area contributed by atoms with Gasteiger partial charge < -0.3 is 15.6 Å². The van der Waals surface area contributed by atoms with Gasteiger partial charge in [-0.05, 0) is 41.8 Å². The number of carboxylic acid groups (broad SMARTS) is 1. The number of carboxylic acids is 1. The Bertz CT molecular complexity index is 803. The van der Waals surface area contributed by atoms with Crippen LogP contribution >= 0.6 is 11.8 Å². The van der Waals surface area contributed by atoms with E-state index in [9.17, 15) is 0 Å². The smallest absolute Gasteiger partial charge is 0.300 e. The van der Waals surface area contributed by atoms with Crippen LogP contribution in [0, 0.1) is 0 Å². The Labute approximate surface area is 158 Å². The third kappa shape index (κ3) is 5.26. The zero-order valence-electron chi connectivity index (χ0n) is 15.2. The highest BCUT2D eigenvalue weighted by Crippen LogP contribution is 2.35. The average Bonchev–Trinajstić information content (AvgIpc) is 2.61. The van der Waals surface area contributed by atoms with E-state index >= 15 is 0 Å². The fourth-order valence-electron chi connectivity index (χ4n) is 2.72. The van der Waals surface area contributed by atoms with Gasteiger partial charge >= 0.3 is 0 Å².